The molecule has 0 aromatic heterocycles. The maximum absolute atomic E-state index is 14.6. The minimum Gasteiger partial charge on any atom is -0.444 e. The fraction of sp³-hybridized carbons (Fsp3) is 0.579. The molecular weight excluding hydrogens is 386 g/mol. The number of carbonyl (C=O) groups is 2. The lowest BCUT2D eigenvalue weighted by Gasteiger charge is -2.30. The van der Waals surface area contributed by atoms with Crippen LogP contribution in [0.5, 0.6) is 0 Å². The fourth-order valence-electron chi connectivity index (χ4n) is 3.25. The van der Waals surface area contributed by atoms with Gasteiger partial charge in [-0.3, -0.25) is 4.90 Å². The Bertz CT molecular complexity index is 755. The number of ether oxygens (including phenoxy) is 2. The first kappa shape index (κ1) is 21.1. The van der Waals surface area contributed by atoms with E-state index in [-0.39, 0.29) is 24.5 Å². The topological polar surface area (TPSA) is 83.1 Å². The molecule has 1 aromatic rings. The molecule has 160 valence electrons. The van der Waals surface area contributed by atoms with Gasteiger partial charge in [0.25, 0.3) is 0 Å². The molecule has 2 aliphatic rings. The zero-order valence-corrected chi connectivity index (χ0v) is 16.8. The van der Waals surface area contributed by atoms with Gasteiger partial charge in [0.1, 0.15) is 17.4 Å². The molecule has 3 rings (SSSR count). The Morgan fingerprint density at radius 1 is 1.28 bits per heavy atom. The maximum atomic E-state index is 14.6. The molecule has 2 amide bonds. The highest BCUT2D eigenvalue weighted by atomic mass is 19.1. The number of alkyl carbamates (subject to hydrolysis) is 1. The molecule has 2 aliphatic heterocycles. The second kappa shape index (κ2) is 8.40. The second-order valence-corrected chi connectivity index (χ2v) is 7.99. The van der Waals surface area contributed by atoms with Gasteiger partial charge in [-0.1, -0.05) is 0 Å². The van der Waals surface area contributed by atoms with Crippen LogP contribution >= 0.6 is 0 Å². The van der Waals surface area contributed by atoms with E-state index in [0.29, 0.717) is 26.2 Å². The van der Waals surface area contributed by atoms with E-state index in [4.69, 9.17) is 9.47 Å². The molecule has 0 spiro atoms. The molecule has 0 bridgehead atoms. The summed E-state index contributed by atoms with van der Waals surface area (Å²) in [6, 6.07) is 2.26. The van der Waals surface area contributed by atoms with Crippen molar-refractivity contribution in [3.05, 3.63) is 23.8 Å². The van der Waals surface area contributed by atoms with Crippen LogP contribution < -0.4 is 20.4 Å². The van der Waals surface area contributed by atoms with Crippen molar-refractivity contribution in [3.63, 3.8) is 0 Å². The van der Waals surface area contributed by atoms with E-state index in [1.165, 1.54) is 0 Å². The van der Waals surface area contributed by atoms with Crippen LogP contribution in [0.15, 0.2) is 12.1 Å². The van der Waals surface area contributed by atoms with Crippen LogP contribution in [-0.2, 0) is 9.47 Å². The minimum atomic E-state index is -0.731. The number of nitrogens with zero attached hydrogens (tertiary/aromatic N) is 2. The Balaban J connectivity index is 1.65. The number of halogens is 2. The third-order valence-electron chi connectivity index (χ3n) is 4.49. The third-order valence-corrected chi connectivity index (χ3v) is 4.49. The minimum absolute atomic E-state index is 0.0287. The van der Waals surface area contributed by atoms with Crippen molar-refractivity contribution in [2.45, 2.75) is 32.5 Å². The molecule has 0 aliphatic carbocycles. The van der Waals surface area contributed by atoms with Crippen LogP contribution in [0, 0.1) is 11.6 Å². The summed E-state index contributed by atoms with van der Waals surface area (Å²) in [4.78, 5) is 26.7. The quantitative estimate of drug-likeness (QED) is 0.789. The SMILES string of the molecule is CC(C)(C)OC(=O)NCC1CN(c2cc(F)c(N3CCNCC3)c(F)c2)C(=O)O1. The Hall–Kier alpha value is -2.62. The largest absolute Gasteiger partial charge is 0.444 e. The first-order chi connectivity index (χ1) is 13.6. The van der Waals surface area contributed by atoms with Crippen molar-refractivity contribution in [2.24, 2.45) is 0 Å². The van der Waals surface area contributed by atoms with Crippen molar-refractivity contribution in [1.29, 1.82) is 0 Å². The van der Waals surface area contributed by atoms with Gasteiger partial charge >= 0.3 is 12.2 Å². The predicted molar refractivity (Wildman–Crippen MR) is 103 cm³/mol. The standard InChI is InChI=1S/C19H26F2N4O4/c1-19(2,3)29-17(26)23-10-13-11-25(18(27)28-13)12-8-14(20)16(15(21)9-12)24-6-4-22-5-7-24/h8-9,13,22H,4-7,10-11H2,1-3H3,(H,23,26). The van der Waals surface area contributed by atoms with Crippen LogP contribution in [-0.4, -0.2) is 63.2 Å². The first-order valence-electron chi connectivity index (χ1n) is 9.54. The van der Waals surface area contributed by atoms with Crippen LogP contribution in [0.4, 0.5) is 29.7 Å². The van der Waals surface area contributed by atoms with Gasteiger partial charge in [-0.25, -0.2) is 18.4 Å². The van der Waals surface area contributed by atoms with Crippen LogP contribution in [0.2, 0.25) is 0 Å². The average molecular weight is 412 g/mol. The Morgan fingerprint density at radius 2 is 1.90 bits per heavy atom. The molecule has 1 aromatic carbocycles. The van der Waals surface area contributed by atoms with Gasteiger partial charge in [0.2, 0.25) is 0 Å². The number of rotatable bonds is 4. The fourth-order valence-corrected chi connectivity index (χ4v) is 3.25. The van der Waals surface area contributed by atoms with Gasteiger partial charge in [0, 0.05) is 38.3 Å². The lowest BCUT2D eigenvalue weighted by Crippen LogP contribution is -2.44. The van der Waals surface area contributed by atoms with E-state index in [2.05, 4.69) is 10.6 Å². The number of benzene rings is 1. The number of hydrogen-bond donors (Lipinski definition) is 2. The van der Waals surface area contributed by atoms with E-state index in [9.17, 15) is 18.4 Å². The lowest BCUT2D eigenvalue weighted by atomic mass is 10.2. The predicted octanol–water partition coefficient (Wildman–Crippen LogP) is 2.22. The second-order valence-electron chi connectivity index (χ2n) is 7.99. The summed E-state index contributed by atoms with van der Waals surface area (Å²) in [7, 11) is 0. The number of cyclic esters (lactones) is 1. The van der Waals surface area contributed by atoms with Gasteiger partial charge in [-0.2, -0.15) is 0 Å². The Morgan fingerprint density at radius 3 is 2.48 bits per heavy atom. The molecule has 1 atom stereocenters. The number of anilines is 2. The van der Waals surface area contributed by atoms with Crippen molar-refractivity contribution in [3.8, 4) is 0 Å². The van der Waals surface area contributed by atoms with Crippen molar-refractivity contribution in [1.82, 2.24) is 10.6 Å². The zero-order valence-electron chi connectivity index (χ0n) is 16.8. The van der Waals surface area contributed by atoms with Gasteiger partial charge in [0.05, 0.1) is 18.8 Å². The summed E-state index contributed by atoms with van der Waals surface area (Å²) >= 11 is 0. The summed E-state index contributed by atoms with van der Waals surface area (Å²) in [5.41, 5.74) is -0.668. The molecule has 1 unspecified atom stereocenters. The van der Waals surface area contributed by atoms with Crippen molar-refractivity contribution in [2.75, 3.05) is 49.1 Å². The van der Waals surface area contributed by atoms with Crippen molar-refractivity contribution >= 4 is 23.6 Å². The number of carbonyl (C=O) groups excluding carboxylic acids is 2. The Labute approximate surface area is 168 Å². The molecule has 2 heterocycles. The maximum Gasteiger partial charge on any atom is 0.414 e. The summed E-state index contributed by atoms with van der Waals surface area (Å²) in [6.45, 7) is 7.57. The van der Waals surface area contributed by atoms with E-state index in [1.54, 1.807) is 25.7 Å². The van der Waals surface area contributed by atoms with E-state index < -0.39 is 35.5 Å². The highest BCUT2D eigenvalue weighted by Crippen LogP contribution is 2.31. The third kappa shape index (κ3) is 5.26. The van der Waals surface area contributed by atoms with Gasteiger partial charge < -0.3 is 25.0 Å². The highest BCUT2D eigenvalue weighted by molar-refractivity contribution is 5.90. The molecule has 0 saturated carbocycles. The summed E-state index contributed by atoms with van der Waals surface area (Å²) in [5, 5.41) is 5.65. The molecule has 0 radical (unpaired) electrons. The lowest BCUT2D eigenvalue weighted by molar-refractivity contribution is 0.0496. The monoisotopic (exact) mass is 412 g/mol. The van der Waals surface area contributed by atoms with Crippen molar-refractivity contribution < 1.29 is 27.8 Å². The molecule has 2 N–H and O–H groups in total. The van der Waals surface area contributed by atoms with Crippen LogP contribution in [0.1, 0.15) is 20.8 Å². The molecule has 2 fully saturated rings. The van der Waals surface area contributed by atoms with Gasteiger partial charge in [0.15, 0.2) is 11.6 Å². The molecular formula is C19H26F2N4O4. The smallest absolute Gasteiger partial charge is 0.414 e. The summed E-state index contributed by atoms with van der Waals surface area (Å²) in [6.07, 6.45) is -2.02. The van der Waals surface area contributed by atoms with E-state index >= 15 is 0 Å². The molecule has 2 saturated heterocycles. The van der Waals surface area contributed by atoms with E-state index in [1.807, 2.05) is 0 Å². The number of piperazine rings is 1. The van der Waals surface area contributed by atoms with Crippen LogP contribution in [0.25, 0.3) is 0 Å². The normalized spacial score (nSPS) is 19.9. The number of hydrogen-bond acceptors (Lipinski definition) is 6. The summed E-state index contributed by atoms with van der Waals surface area (Å²) in [5.74, 6) is -1.46. The number of amides is 2. The van der Waals surface area contributed by atoms with Crippen LogP contribution in [0.3, 0.4) is 0 Å². The van der Waals surface area contributed by atoms with E-state index in [0.717, 1.165) is 17.0 Å². The summed E-state index contributed by atoms with van der Waals surface area (Å²) < 4.78 is 39.6. The van der Waals surface area contributed by atoms with Gasteiger partial charge in [-0.05, 0) is 20.8 Å². The highest BCUT2D eigenvalue weighted by Gasteiger charge is 2.34. The zero-order chi connectivity index (χ0) is 21.2. The average Bonchev–Trinajstić information content (AvgIpc) is 3.00. The molecule has 29 heavy (non-hydrogen) atoms. The Kier molecular flexibility index (Phi) is 6.11. The number of nitrogens with one attached hydrogen (secondary N) is 2. The van der Waals surface area contributed by atoms with Gasteiger partial charge in [-0.15, -0.1) is 0 Å². The molecule has 8 nitrogen and oxygen atoms in total. The first-order valence-corrected chi connectivity index (χ1v) is 9.54. The molecule has 10 heteroatoms.